The minimum atomic E-state index is -0.923. The zero-order valence-corrected chi connectivity index (χ0v) is 13.2. The third-order valence-electron chi connectivity index (χ3n) is 4.33. The number of benzene rings is 1. The molecule has 3 N–H and O–H groups in total. The van der Waals surface area contributed by atoms with Gasteiger partial charge in [-0.15, -0.1) is 0 Å². The first-order chi connectivity index (χ1) is 11.6. The fourth-order valence-electron chi connectivity index (χ4n) is 3.02. The van der Waals surface area contributed by atoms with Gasteiger partial charge in [-0.2, -0.15) is 0 Å². The number of carboxylic acid groups (broad SMARTS) is 1. The summed E-state index contributed by atoms with van der Waals surface area (Å²) in [6.07, 6.45) is 0.892. The van der Waals surface area contributed by atoms with Crippen LogP contribution in [0.2, 0.25) is 0 Å². The van der Waals surface area contributed by atoms with E-state index in [0.717, 1.165) is 11.3 Å². The highest BCUT2D eigenvalue weighted by atomic mass is 16.5. The van der Waals surface area contributed by atoms with Crippen molar-refractivity contribution in [1.82, 2.24) is 10.3 Å². The van der Waals surface area contributed by atoms with Crippen molar-refractivity contribution in [2.75, 3.05) is 13.2 Å². The molecule has 1 amide bonds. The molecule has 0 radical (unpaired) electrons. The number of nitrogens with one attached hydrogen (secondary N) is 2. The molecule has 6 nitrogen and oxygen atoms in total. The predicted octanol–water partition coefficient (Wildman–Crippen LogP) is 2.44. The van der Waals surface area contributed by atoms with Gasteiger partial charge < -0.3 is 20.1 Å². The zero-order chi connectivity index (χ0) is 17.0. The van der Waals surface area contributed by atoms with Crippen molar-refractivity contribution in [2.45, 2.75) is 24.8 Å². The molecular weight excluding hydrogens is 308 g/mol. The minimum absolute atomic E-state index is 0.103. The third-order valence-corrected chi connectivity index (χ3v) is 4.33. The largest absolute Gasteiger partial charge is 0.481 e. The van der Waals surface area contributed by atoms with Gasteiger partial charge in [-0.05, 0) is 30.5 Å². The highest BCUT2D eigenvalue weighted by molar-refractivity contribution is 5.94. The summed E-state index contributed by atoms with van der Waals surface area (Å²) in [5, 5.41) is 12.1. The smallest absolute Gasteiger partial charge is 0.305 e. The predicted molar refractivity (Wildman–Crippen MR) is 88.7 cm³/mol. The number of aromatic nitrogens is 1. The van der Waals surface area contributed by atoms with E-state index in [1.165, 1.54) is 0 Å². The van der Waals surface area contributed by atoms with Gasteiger partial charge in [-0.25, -0.2) is 0 Å². The summed E-state index contributed by atoms with van der Waals surface area (Å²) < 4.78 is 5.30. The molecule has 1 aliphatic rings. The second-order valence-corrected chi connectivity index (χ2v) is 6.07. The fraction of sp³-hybridized carbons (Fsp3) is 0.333. The zero-order valence-electron chi connectivity index (χ0n) is 13.2. The lowest BCUT2D eigenvalue weighted by molar-refractivity contribution is -0.139. The number of carbonyl (C=O) groups excluding carboxylic acids is 1. The summed E-state index contributed by atoms with van der Waals surface area (Å²) >= 11 is 0. The second-order valence-electron chi connectivity index (χ2n) is 6.07. The van der Waals surface area contributed by atoms with Crippen LogP contribution in [0.3, 0.4) is 0 Å². The topological polar surface area (TPSA) is 91.4 Å². The van der Waals surface area contributed by atoms with Crippen molar-refractivity contribution < 1.29 is 19.4 Å². The van der Waals surface area contributed by atoms with Crippen molar-refractivity contribution in [2.24, 2.45) is 0 Å². The maximum absolute atomic E-state index is 12.6. The average Bonchev–Trinajstić information content (AvgIpc) is 3.06. The number of H-pyrrole nitrogens is 1. The first kappa shape index (κ1) is 16.3. The van der Waals surface area contributed by atoms with Crippen LogP contribution in [0.1, 0.15) is 29.8 Å². The van der Waals surface area contributed by atoms with Crippen LogP contribution >= 0.6 is 0 Å². The lowest BCUT2D eigenvalue weighted by atomic mass is 9.86. The summed E-state index contributed by atoms with van der Waals surface area (Å²) in [5.74, 6) is -1.21. The van der Waals surface area contributed by atoms with Gasteiger partial charge in [0.25, 0.3) is 5.91 Å². The molecule has 1 aromatic carbocycles. The van der Waals surface area contributed by atoms with E-state index in [-0.39, 0.29) is 12.3 Å². The van der Waals surface area contributed by atoms with E-state index >= 15 is 0 Å². The molecule has 24 heavy (non-hydrogen) atoms. The Morgan fingerprint density at radius 1 is 1.12 bits per heavy atom. The van der Waals surface area contributed by atoms with Crippen molar-refractivity contribution in [3.63, 3.8) is 0 Å². The molecule has 1 aromatic heterocycles. The number of hydrogen-bond acceptors (Lipinski definition) is 3. The van der Waals surface area contributed by atoms with Crippen LogP contribution in [0.5, 0.6) is 0 Å². The molecule has 0 atom stereocenters. The summed E-state index contributed by atoms with van der Waals surface area (Å²) in [6.45, 7) is 0.904. The summed E-state index contributed by atoms with van der Waals surface area (Å²) in [6, 6.07) is 13.3. The Morgan fingerprint density at radius 2 is 1.83 bits per heavy atom. The van der Waals surface area contributed by atoms with Gasteiger partial charge >= 0.3 is 5.97 Å². The molecule has 126 valence electrons. The van der Waals surface area contributed by atoms with Crippen LogP contribution in [-0.2, 0) is 9.53 Å². The maximum Gasteiger partial charge on any atom is 0.305 e. The maximum atomic E-state index is 12.6. The Hall–Kier alpha value is -2.60. The number of carboxylic acids is 1. The van der Waals surface area contributed by atoms with E-state index in [1.807, 2.05) is 36.4 Å². The molecule has 1 aliphatic heterocycles. The number of hydrogen-bond donors (Lipinski definition) is 3. The summed E-state index contributed by atoms with van der Waals surface area (Å²) in [4.78, 5) is 26.8. The van der Waals surface area contributed by atoms with Crippen LogP contribution in [-0.4, -0.2) is 40.7 Å². The standard InChI is InChI=1S/C18H20N2O4/c21-16(22)12-18(8-10-24-11-9-18)20-17(23)15-7-6-14(19-15)13-4-2-1-3-5-13/h1-7,19H,8-12H2,(H,20,23)(H,21,22). The Labute approximate surface area is 139 Å². The number of aliphatic carboxylic acids is 1. The van der Waals surface area contributed by atoms with Gasteiger partial charge in [0.15, 0.2) is 0 Å². The molecule has 2 heterocycles. The van der Waals surface area contributed by atoms with E-state index in [4.69, 9.17) is 9.84 Å². The van der Waals surface area contributed by atoms with Gasteiger partial charge in [0, 0.05) is 18.9 Å². The average molecular weight is 328 g/mol. The Bertz CT molecular complexity index is 718. The van der Waals surface area contributed by atoms with Crippen LogP contribution in [0.4, 0.5) is 0 Å². The number of aromatic amines is 1. The first-order valence-electron chi connectivity index (χ1n) is 7.94. The number of amides is 1. The lowest BCUT2D eigenvalue weighted by Crippen LogP contribution is -2.53. The molecular formula is C18H20N2O4. The molecule has 1 fully saturated rings. The molecule has 0 saturated carbocycles. The molecule has 0 unspecified atom stereocenters. The van der Waals surface area contributed by atoms with Crippen LogP contribution in [0.15, 0.2) is 42.5 Å². The Balaban J connectivity index is 1.76. The van der Waals surface area contributed by atoms with Crippen molar-refractivity contribution >= 4 is 11.9 Å². The van der Waals surface area contributed by atoms with Gasteiger partial charge in [0.1, 0.15) is 5.69 Å². The number of ether oxygens (including phenoxy) is 1. The molecule has 6 heteroatoms. The second kappa shape index (κ2) is 6.88. The highest BCUT2D eigenvalue weighted by Gasteiger charge is 2.36. The van der Waals surface area contributed by atoms with E-state index in [1.54, 1.807) is 6.07 Å². The first-order valence-corrected chi connectivity index (χ1v) is 7.94. The Morgan fingerprint density at radius 3 is 2.50 bits per heavy atom. The van der Waals surface area contributed by atoms with Crippen LogP contribution in [0.25, 0.3) is 11.3 Å². The van der Waals surface area contributed by atoms with Crippen molar-refractivity contribution in [1.29, 1.82) is 0 Å². The van der Waals surface area contributed by atoms with Crippen molar-refractivity contribution in [3.8, 4) is 11.3 Å². The number of carbonyl (C=O) groups is 2. The lowest BCUT2D eigenvalue weighted by Gasteiger charge is -2.36. The van der Waals surface area contributed by atoms with Crippen LogP contribution in [0, 0.1) is 0 Å². The Kier molecular flexibility index (Phi) is 4.66. The van der Waals surface area contributed by atoms with E-state index in [2.05, 4.69) is 10.3 Å². The number of rotatable bonds is 5. The van der Waals surface area contributed by atoms with Gasteiger partial charge in [-0.3, -0.25) is 9.59 Å². The fourth-order valence-corrected chi connectivity index (χ4v) is 3.02. The summed E-state index contributed by atoms with van der Waals surface area (Å²) in [7, 11) is 0. The SMILES string of the molecule is O=C(O)CC1(NC(=O)c2ccc(-c3ccccc3)[nH]2)CCOCC1. The van der Waals surface area contributed by atoms with E-state index in [9.17, 15) is 9.59 Å². The van der Waals surface area contributed by atoms with E-state index < -0.39 is 11.5 Å². The third kappa shape index (κ3) is 3.65. The van der Waals surface area contributed by atoms with E-state index in [0.29, 0.717) is 31.7 Å². The molecule has 2 aromatic rings. The van der Waals surface area contributed by atoms with Crippen molar-refractivity contribution in [3.05, 3.63) is 48.2 Å². The highest BCUT2D eigenvalue weighted by Crippen LogP contribution is 2.25. The molecule has 1 saturated heterocycles. The quantitative estimate of drug-likeness (QED) is 0.786. The summed E-state index contributed by atoms with van der Waals surface area (Å²) in [5.41, 5.74) is 1.51. The minimum Gasteiger partial charge on any atom is -0.481 e. The monoisotopic (exact) mass is 328 g/mol. The van der Waals surface area contributed by atoms with Gasteiger partial charge in [-0.1, -0.05) is 30.3 Å². The molecule has 3 rings (SSSR count). The van der Waals surface area contributed by atoms with Gasteiger partial charge in [0.2, 0.25) is 0 Å². The molecule has 0 spiro atoms. The van der Waals surface area contributed by atoms with Crippen LogP contribution < -0.4 is 5.32 Å². The molecule has 0 aliphatic carbocycles. The normalized spacial score (nSPS) is 16.5. The van der Waals surface area contributed by atoms with Gasteiger partial charge in [0.05, 0.1) is 12.0 Å². The molecule has 0 bridgehead atoms.